The molecule has 2 N–H and O–H groups in total. The summed E-state index contributed by atoms with van der Waals surface area (Å²) in [5.41, 5.74) is 5.12. The summed E-state index contributed by atoms with van der Waals surface area (Å²) in [7, 11) is 1.69. The minimum absolute atomic E-state index is 0.0306. The standard InChI is InChI=1S/C24H29N5O2/c1-3-17-5-8-21(27-24(17)31)18-4-6-19(14-18)28-10-12-29(13-11-28)20-7-9-22(26-15-20)23(16-30)25-2/h4-5,7-9,15,19,25H,3,6,10-14H2,1-2H3,(H,27,31). The zero-order valence-electron chi connectivity index (χ0n) is 18.1. The summed E-state index contributed by atoms with van der Waals surface area (Å²) in [6.45, 7) is 5.87. The quantitative estimate of drug-likeness (QED) is 0.698. The van der Waals surface area contributed by atoms with Gasteiger partial charge < -0.3 is 15.2 Å². The van der Waals surface area contributed by atoms with Crippen molar-refractivity contribution < 1.29 is 4.79 Å². The second kappa shape index (κ2) is 9.33. The van der Waals surface area contributed by atoms with Gasteiger partial charge in [-0.1, -0.05) is 19.1 Å². The molecule has 1 atom stereocenters. The van der Waals surface area contributed by atoms with Crippen LogP contribution < -0.4 is 15.8 Å². The summed E-state index contributed by atoms with van der Waals surface area (Å²) in [6, 6.07) is 8.35. The van der Waals surface area contributed by atoms with Crippen LogP contribution >= 0.6 is 0 Å². The predicted octanol–water partition coefficient (Wildman–Crippen LogP) is 2.09. The first kappa shape index (κ1) is 21.1. The molecule has 31 heavy (non-hydrogen) atoms. The van der Waals surface area contributed by atoms with Gasteiger partial charge in [0.05, 0.1) is 17.6 Å². The number of piperazine rings is 1. The van der Waals surface area contributed by atoms with Crippen molar-refractivity contribution >= 4 is 22.9 Å². The molecule has 7 heteroatoms. The molecule has 2 aromatic heterocycles. The van der Waals surface area contributed by atoms with E-state index in [1.54, 1.807) is 7.05 Å². The zero-order chi connectivity index (χ0) is 21.8. The molecule has 2 aliphatic rings. The number of nitrogens with one attached hydrogen (secondary N) is 2. The van der Waals surface area contributed by atoms with E-state index in [1.807, 2.05) is 43.3 Å². The lowest BCUT2D eigenvalue weighted by molar-refractivity contribution is 0.193. The van der Waals surface area contributed by atoms with Crippen LogP contribution in [0.3, 0.4) is 0 Å². The van der Waals surface area contributed by atoms with Crippen molar-refractivity contribution in [2.45, 2.75) is 32.2 Å². The Morgan fingerprint density at radius 2 is 2.03 bits per heavy atom. The van der Waals surface area contributed by atoms with Crippen LogP contribution in [0.15, 0.2) is 41.3 Å². The number of rotatable bonds is 6. The van der Waals surface area contributed by atoms with Crippen LogP contribution in [-0.2, 0) is 11.2 Å². The van der Waals surface area contributed by atoms with Crippen molar-refractivity contribution in [2.24, 2.45) is 0 Å². The summed E-state index contributed by atoms with van der Waals surface area (Å²) in [5.74, 6) is 1.88. The number of hydrogen-bond donors (Lipinski definition) is 2. The highest BCUT2D eigenvalue weighted by Gasteiger charge is 2.28. The molecule has 1 fully saturated rings. The molecule has 162 valence electrons. The molecule has 0 amide bonds. The summed E-state index contributed by atoms with van der Waals surface area (Å²) in [6.07, 6.45) is 6.85. The molecular weight excluding hydrogens is 390 g/mol. The Morgan fingerprint density at radius 1 is 1.23 bits per heavy atom. The van der Waals surface area contributed by atoms with E-state index >= 15 is 0 Å². The number of carbonyl (C=O) groups excluding carboxylic acids is 1. The molecular formula is C24H29N5O2. The van der Waals surface area contributed by atoms with Gasteiger partial charge in [-0.2, -0.15) is 0 Å². The summed E-state index contributed by atoms with van der Waals surface area (Å²) < 4.78 is 0. The number of pyridine rings is 2. The van der Waals surface area contributed by atoms with Gasteiger partial charge in [0, 0.05) is 50.5 Å². The van der Waals surface area contributed by atoms with Crippen LogP contribution in [0.4, 0.5) is 5.69 Å². The fourth-order valence-electron chi connectivity index (χ4n) is 4.46. The monoisotopic (exact) mass is 419 g/mol. The number of H-pyrrole nitrogens is 1. The van der Waals surface area contributed by atoms with Crippen LogP contribution in [0.5, 0.6) is 0 Å². The van der Waals surface area contributed by atoms with E-state index in [9.17, 15) is 9.59 Å². The van der Waals surface area contributed by atoms with E-state index < -0.39 is 0 Å². The average molecular weight is 420 g/mol. The maximum Gasteiger partial charge on any atom is 0.251 e. The normalized spacial score (nSPS) is 19.1. The van der Waals surface area contributed by atoms with E-state index in [-0.39, 0.29) is 5.56 Å². The lowest BCUT2D eigenvalue weighted by atomic mass is 10.1. The molecule has 0 saturated carbocycles. The van der Waals surface area contributed by atoms with Gasteiger partial charge in [0.1, 0.15) is 5.70 Å². The Labute approximate surface area is 182 Å². The molecule has 7 nitrogen and oxygen atoms in total. The molecule has 1 aliphatic carbocycles. The minimum atomic E-state index is 0.0306. The zero-order valence-corrected chi connectivity index (χ0v) is 18.1. The van der Waals surface area contributed by atoms with Gasteiger partial charge in [0.2, 0.25) is 0 Å². The highest BCUT2D eigenvalue weighted by molar-refractivity contribution is 5.84. The van der Waals surface area contributed by atoms with Crippen LogP contribution in [0.2, 0.25) is 0 Å². The predicted molar refractivity (Wildman–Crippen MR) is 124 cm³/mol. The van der Waals surface area contributed by atoms with E-state index in [2.05, 4.69) is 31.2 Å². The number of hydrogen-bond acceptors (Lipinski definition) is 6. The third-order valence-electron chi connectivity index (χ3n) is 6.36. The molecule has 0 spiro atoms. The smallest absolute Gasteiger partial charge is 0.251 e. The van der Waals surface area contributed by atoms with Crippen LogP contribution in [0.25, 0.3) is 11.3 Å². The van der Waals surface area contributed by atoms with Gasteiger partial charge in [-0.15, -0.1) is 0 Å². The van der Waals surface area contributed by atoms with Gasteiger partial charge in [0.25, 0.3) is 5.56 Å². The highest BCUT2D eigenvalue weighted by Crippen LogP contribution is 2.30. The fraction of sp³-hybridized carbons (Fsp3) is 0.417. The maximum atomic E-state index is 12.1. The lowest BCUT2D eigenvalue weighted by Crippen LogP contribution is -2.49. The Hall–Kier alpha value is -3.15. The van der Waals surface area contributed by atoms with Gasteiger partial charge in [-0.05, 0) is 43.0 Å². The number of aromatic nitrogens is 2. The third kappa shape index (κ3) is 4.48. The maximum absolute atomic E-state index is 12.1. The Kier molecular flexibility index (Phi) is 6.35. The van der Waals surface area contributed by atoms with Crippen molar-refractivity contribution in [3.63, 3.8) is 0 Å². The van der Waals surface area contributed by atoms with Crippen molar-refractivity contribution in [3.8, 4) is 0 Å². The van der Waals surface area contributed by atoms with Gasteiger partial charge >= 0.3 is 0 Å². The van der Waals surface area contributed by atoms with Crippen LogP contribution in [0, 0.1) is 0 Å². The number of aromatic amines is 1. The van der Waals surface area contributed by atoms with E-state index in [4.69, 9.17) is 0 Å². The number of nitrogens with zero attached hydrogens (tertiary/aromatic N) is 3. The molecule has 0 bridgehead atoms. The Balaban J connectivity index is 1.33. The van der Waals surface area contributed by atoms with Crippen LogP contribution in [-0.4, -0.2) is 60.1 Å². The minimum Gasteiger partial charge on any atom is -0.377 e. The molecule has 4 rings (SSSR count). The second-order valence-electron chi connectivity index (χ2n) is 8.05. The van der Waals surface area contributed by atoms with E-state index in [0.717, 1.165) is 62.4 Å². The van der Waals surface area contributed by atoms with Crippen molar-refractivity contribution in [1.82, 2.24) is 20.2 Å². The number of aryl methyl sites for hydroxylation is 1. The van der Waals surface area contributed by atoms with Crippen molar-refractivity contribution in [3.05, 3.63) is 63.8 Å². The topological polar surface area (TPSA) is 81.3 Å². The van der Waals surface area contributed by atoms with Gasteiger partial charge in [-0.3, -0.25) is 14.7 Å². The molecule has 2 aromatic rings. The third-order valence-corrected chi connectivity index (χ3v) is 6.36. The number of anilines is 1. The summed E-state index contributed by atoms with van der Waals surface area (Å²) >= 11 is 0. The first-order chi connectivity index (χ1) is 15.1. The summed E-state index contributed by atoms with van der Waals surface area (Å²) in [5, 5.41) is 2.81. The molecule has 1 saturated heterocycles. The first-order valence-corrected chi connectivity index (χ1v) is 10.9. The van der Waals surface area contributed by atoms with Crippen LogP contribution in [0.1, 0.15) is 36.7 Å². The average Bonchev–Trinajstić information content (AvgIpc) is 3.31. The van der Waals surface area contributed by atoms with E-state index in [1.165, 1.54) is 5.57 Å². The SMILES string of the molecule is CCc1ccc(C2=CCC(N3CCN(c4ccc(C(=C=O)NC)nc4)CC3)C2)[nH]c1=O. The van der Waals surface area contributed by atoms with E-state index in [0.29, 0.717) is 17.4 Å². The summed E-state index contributed by atoms with van der Waals surface area (Å²) in [4.78, 5) is 35.4. The first-order valence-electron chi connectivity index (χ1n) is 10.9. The van der Waals surface area contributed by atoms with Gasteiger partial charge in [0.15, 0.2) is 5.94 Å². The Morgan fingerprint density at radius 3 is 2.65 bits per heavy atom. The molecule has 1 aliphatic heterocycles. The molecule has 3 heterocycles. The van der Waals surface area contributed by atoms with Crippen molar-refractivity contribution in [1.29, 1.82) is 0 Å². The van der Waals surface area contributed by atoms with Gasteiger partial charge in [-0.25, -0.2) is 4.79 Å². The highest BCUT2D eigenvalue weighted by atomic mass is 16.1. The lowest BCUT2D eigenvalue weighted by Gasteiger charge is -2.39. The fourth-order valence-corrected chi connectivity index (χ4v) is 4.46. The van der Waals surface area contributed by atoms with Crippen molar-refractivity contribution in [2.75, 3.05) is 38.1 Å². The molecule has 0 radical (unpaired) electrons. The second-order valence-corrected chi connectivity index (χ2v) is 8.05. The molecule has 1 unspecified atom stereocenters. The molecule has 0 aromatic carbocycles. The largest absolute Gasteiger partial charge is 0.377 e. The Bertz CT molecular complexity index is 1060.